The second-order valence-corrected chi connectivity index (χ2v) is 8.36. The first kappa shape index (κ1) is 22.2. The maximum absolute atomic E-state index is 13.0. The molecule has 0 unspecified atom stereocenters. The molecule has 1 N–H and O–H groups in total. The number of carbonyl (C=O) groups excluding carboxylic acids is 2. The minimum absolute atomic E-state index is 0.135. The van der Waals surface area contributed by atoms with E-state index in [-0.39, 0.29) is 11.3 Å². The Morgan fingerprint density at radius 2 is 1.77 bits per heavy atom. The van der Waals surface area contributed by atoms with E-state index in [2.05, 4.69) is 34.7 Å². The Kier molecular flexibility index (Phi) is 7.10. The molecule has 1 aliphatic heterocycles. The van der Waals surface area contributed by atoms with Gasteiger partial charge in [-0.05, 0) is 37.7 Å². The Balaban J connectivity index is 2.09. The largest absolute Gasteiger partial charge is 0.507 e. The van der Waals surface area contributed by atoms with Crippen molar-refractivity contribution in [3.8, 4) is 0 Å². The molecule has 0 spiro atoms. The highest BCUT2D eigenvalue weighted by Gasteiger charge is 2.45. The van der Waals surface area contributed by atoms with E-state index in [1.165, 1.54) is 0 Å². The highest BCUT2D eigenvalue weighted by molar-refractivity contribution is 9.10. The van der Waals surface area contributed by atoms with Crippen molar-refractivity contribution in [2.24, 2.45) is 0 Å². The number of likely N-dealkylation sites (N-methyl/N-ethyl adjacent to an activating group) is 1. The van der Waals surface area contributed by atoms with Gasteiger partial charge in [0.1, 0.15) is 5.76 Å². The van der Waals surface area contributed by atoms with Crippen LogP contribution in [0, 0.1) is 6.92 Å². The summed E-state index contributed by atoms with van der Waals surface area (Å²) in [5.74, 6) is -1.35. The lowest BCUT2D eigenvalue weighted by Crippen LogP contribution is -2.38. The number of hydrogen-bond acceptors (Lipinski definition) is 4. The van der Waals surface area contributed by atoms with Gasteiger partial charge < -0.3 is 14.9 Å². The van der Waals surface area contributed by atoms with Crippen molar-refractivity contribution in [3.05, 3.63) is 75.3 Å². The standard InChI is InChI=1S/C24H27BrN2O3/c1-4-26(5-2)13-14-27-21(18-7-6-8-19(25)15-18)20(23(29)24(27)30)22(28)17-11-9-16(3)10-12-17/h6-12,15,21,28H,4-5,13-14H2,1-3H3/t21-/m1/s1. The van der Waals surface area contributed by atoms with Crippen LogP contribution in [0.5, 0.6) is 0 Å². The molecule has 1 saturated heterocycles. The van der Waals surface area contributed by atoms with Crippen molar-refractivity contribution in [2.45, 2.75) is 26.8 Å². The fourth-order valence-electron chi connectivity index (χ4n) is 3.79. The van der Waals surface area contributed by atoms with Crippen LogP contribution in [-0.2, 0) is 9.59 Å². The van der Waals surface area contributed by atoms with E-state index in [9.17, 15) is 14.7 Å². The molecule has 0 aliphatic carbocycles. The lowest BCUT2D eigenvalue weighted by Gasteiger charge is -2.28. The summed E-state index contributed by atoms with van der Waals surface area (Å²) in [6, 6.07) is 14.2. The second kappa shape index (κ2) is 9.58. The van der Waals surface area contributed by atoms with E-state index in [0.717, 1.165) is 28.7 Å². The molecule has 1 amide bonds. The molecule has 1 aliphatic rings. The average molecular weight is 471 g/mol. The average Bonchev–Trinajstić information content (AvgIpc) is 2.99. The molecule has 3 rings (SSSR count). The number of amides is 1. The van der Waals surface area contributed by atoms with Gasteiger partial charge in [-0.1, -0.05) is 71.7 Å². The second-order valence-electron chi connectivity index (χ2n) is 7.44. The quantitative estimate of drug-likeness (QED) is 0.367. The summed E-state index contributed by atoms with van der Waals surface area (Å²) in [5.41, 5.74) is 2.51. The van der Waals surface area contributed by atoms with Crippen LogP contribution in [0.4, 0.5) is 0 Å². The van der Waals surface area contributed by atoms with Crippen molar-refractivity contribution in [2.75, 3.05) is 26.2 Å². The number of aliphatic hydroxyl groups excluding tert-OH is 1. The van der Waals surface area contributed by atoms with Gasteiger partial charge in [-0.25, -0.2) is 0 Å². The third-order valence-electron chi connectivity index (χ3n) is 5.58. The van der Waals surface area contributed by atoms with E-state index in [1.807, 2.05) is 43.3 Å². The molecule has 0 bridgehead atoms. The maximum Gasteiger partial charge on any atom is 0.295 e. The summed E-state index contributed by atoms with van der Waals surface area (Å²) in [4.78, 5) is 29.8. The number of halogens is 1. The van der Waals surface area contributed by atoms with Crippen LogP contribution < -0.4 is 0 Å². The summed E-state index contributed by atoms with van der Waals surface area (Å²) in [5, 5.41) is 11.0. The summed E-state index contributed by atoms with van der Waals surface area (Å²) in [6.07, 6.45) is 0. The van der Waals surface area contributed by atoms with Crippen molar-refractivity contribution in [1.29, 1.82) is 0 Å². The van der Waals surface area contributed by atoms with Crippen molar-refractivity contribution < 1.29 is 14.7 Å². The molecule has 1 atom stereocenters. The SMILES string of the molecule is CCN(CC)CCN1C(=O)C(=O)C(=C(O)c2ccc(C)cc2)[C@H]1c1cccc(Br)c1. The molecule has 0 saturated carbocycles. The molecular weight excluding hydrogens is 444 g/mol. The zero-order valence-electron chi connectivity index (χ0n) is 17.6. The molecule has 1 heterocycles. The molecule has 2 aromatic rings. The lowest BCUT2D eigenvalue weighted by molar-refractivity contribution is -0.140. The number of rotatable bonds is 7. The summed E-state index contributed by atoms with van der Waals surface area (Å²) in [6.45, 7) is 8.90. The monoisotopic (exact) mass is 470 g/mol. The van der Waals surface area contributed by atoms with Crippen LogP contribution in [0.3, 0.4) is 0 Å². The van der Waals surface area contributed by atoms with Crippen LogP contribution in [-0.4, -0.2) is 52.8 Å². The number of nitrogens with zero attached hydrogens (tertiary/aromatic N) is 2. The van der Waals surface area contributed by atoms with Crippen LogP contribution in [0.15, 0.2) is 58.6 Å². The highest BCUT2D eigenvalue weighted by Crippen LogP contribution is 2.39. The highest BCUT2D eigenvalue weighted by atomic mass is 79.9. The number of aryl methyl sites for hydroxylation is 1. The van der Waals surface area contributed by atoms with Crippen LogP contribution in [0.1, 0.15) is 36.6 Å². The molecular formula is C24H27BrN2O3. The molecule has 2 aromatic carbocycles. The minimum atomic E-state index is -0.641. The third kappa shape index (κ3) is 4.50. The number of Topliss-reactive ketones (excluding diaryl/α,β-unsaturated/α-hetero) is 1. The van der Waals surface area contributed by atoms with Crippen LogP contribution >= 0.6 is 15.9 Å². The van der Waals surface area contributed by atoms with E-state index in [4.69, 9.17) is 0 Å². The number of likely N-dealkylation sites (tertiary alicyclic amines) is 1. The Morgan fingerprint density at radius 1 is 1.10 bits per heavy atom. The minimum Gasteiger partial charge on any atom is -0.507 e. The van der Waals surface area contributed by atoms with Gasteiger partial charge >= 0.3 is 0 Å². The maximum atomic E-state index is 13.0. The van der Waals surface area contributed by atoms with Crippen LogP contribution in [0.25, 0.3) is 5.76 Å². The van der Waals surface area contributed by atoms with E-state index < -0.39 is 17.7 Å². The number of benzene rings is 2. The van der Waals surface area contributed by atoms with Crippen LogP contribution in [0.2, 0.25) is 0 Å². The summed E-state index contributed by atoms with van der Waals surface area (Å²) < 4.78 is 0.852. The van der Waals surface area contributed by atoms with E-state index in [0.29, 0.717) is 18.7 Å². The molecule has 1 fully saturated rings. The zero-order valence-corrected chi connectivity index (χ0v) is 19.1. The topological polar surface area (TPSA) is 60.9 Å². The number of carbonyl (C=O) groups is 2. The smallest absolute Gasteiger partial charge is 0.295 e. The van der Waals surface area contributed by atoms with Crippen molar-refractivity contribution in [1.82, 2.24) is 9.80 Å². The number of ketones is 1. The molecule has 0 radical (unpaired) electrons. The molecule has 0 aromatic heterocycles. The van der Waals surface area contributed by atoms with Crippen molar-refractivity contribution >= 4 is 33.4 Å². The molecule has 6 heteroatoms. The predicted octanol–water partition coefficient (Wildman–Crippen LogP) is 4.52. The fourth-order valence-corrected chi connectivity index (χ4v) is 4.21. The first-order chi connectivity index (χ1) is 14.4. The molecule has 30 heavy (non-hydrogen) atoms. The number of aliphatic hydroxyl groups is 1. The number of hydrogen-bond donors (Lipinski definition) is 1. The van der Waals surface area contributed by atoms with Gasteiger partial charge in [-0.15, -0.1) is 0 Å². The Labute approximate surface area is 186 Å². The lowest BCUT2D eigenvalue weighted by atomic mass is 9.95. The summed E-state index contributed by atoms with van der Waals surface area (Å²) in [7, 11) is 0. The van der Waals surface area contributed by atoms with Gasteiger partial charge in [0.05, 0.1) is 11.6 Å². The Bertz CT molecular complexity index is 965. The fraction of sp³-hybridized carbons (Fsp3) is 0.333. The Hall–Kier alpha value is -2.44. The first-order valence-electron chi connectivity index (χ1n) is 10.2. The van der Waals surface area contributed by atoms with Gasteiger partial charge in [0.15, 0.2) is 0 Å². The Morgan fingerprint density at radius 3 is 2.37 bits per heavy atom. The van der Waals surface area contributed by atoms with E-state index >= 15 is 0 Å². The van der Waals surface area contributed by atoms with Gasteiger partial charge in [0, 0.05) is 23.1 Å². The van der Waals surface area contributed by atoms with Crippen molar-refractivity contribution in [3.63, 3.8) is 0 Å². The predicted molar refractivity (Wildman–Crippen MR) is 122 cm³/mol. The van der Waals surface area contributed by atoms with Gasteiger partial charge in [-0.2, -0.15) is 0 Å². The summed E-state index contributed by atoms with van der Waals surface area (Å²) >= 11 is 3.48. The molecule has 158 valence electrons. The third-order valence-corrected chi connectivity index (χ3v) is 6.07. The van der Waals surface area contributed by atoms with Gasteiger partial charge in [0.25, 0.3) is 11.7 Å². The molecule has 5 nitrogen and oxygen atoms in total. The normalized spacial score (nSPS) is 18.4. The van der Waals surface area contributed by atoms with Gasteiger partial charge in [0.2, 0.25) is 0 Å². The van der Waals surface area contributed by atoms with Gasteiger partial charge in [-0.3, -0.25) is 9.59 Å². The first-order valence-corrected chi connectivity index (χ1v) is 11.0. The van der Waals surface area contributed by atoms with E-state index in [1.54, 1.807) is 17.0 Å². The zero-order chi connectivity index (χ0) is 21.8.